The third kappa shape index (κ3) is 3.87. The van der Waals surface area contributed by atoms with Crippen LogP contribution in [0.3, 0.4) is 0 Å². The van der Waals surface area contributed by atoms with Gasteiger partial charge >= 0.3 is 0 Å². The molecular weight excluding hydrogens is 268 g/mol. The SMILES string of the molecule is CC(C)CCC(C)NCCn1nnc2c(cnn2C)c1=O. The van der Waals surface area contributed by atoms with Crippen LogP contribution in [-0.2, 0) is 13.6 Å². The van der Waals surface area contributed by atoms with Crippen molar-refractivity contribution in [3.63, 3.8) is 0 Å². The van der Waals surface area contributed by atoms with Crippen LogP contribution in [0, 0.1) is 5.92 Å². The van der Waals surface area contributed by atoms with Gasteiger partial charge in [-0.1, -0.05) is 19.1 Å². The average molecular weight is 292 g/mol. The molecule has 0 aromatic carbocycles. The molecule has 1 atom stereocenters. The van der Waals surface area contributed by atoms with E-state index in [1.54, 1.807) is 17.9 Å². The van der Waals surface area contributed by atoms with Gasteiger partial charge in [0.15, 0.2) is 5.65 Å². The first-order valence-electron chi connectivity index (χ1n) is 7.48. The zero-order valence-corrected chi connectivity index (χ0v) is 13.2. The zero-order valence-electron chi connectivity index (χ0n) is 13.2. The molecule has 0 fully saturated rings. The summed E-state index contributed by atoms with van der Waals surface area (Å²) in [7, 11) is 1.75. The third-order valence-corrected chi connectivity index (χ3v) is 3.61. The van der Waals surface area contributed by atoms with E-state index in [1.165, 1.54) is 11.1 Å². The summed E-state index contributed by atoms with van der Waals surface area (Å²) in [6, 6.07) is 0.443. The fourth-order valence-electron chi connectivity index (χ4n) is 2.23. The van der Waals surface area contributed by atoms with Crippen molar-refractivity contribution in [1.82, 2.24) is 30.1 Å². The molecular formula is C14H24N6O. The van der Waals surface area contributed by atoms with Crippen LogP contribution in [0.1, 0.15) is 33.6 Å². The molecule has 0 spiro atoms. The molecule has 1 N–H and O–H groups in total. The van der Waals surface area contributed by atoms with Crippen LogP contribution < -0.4 is 10.9 Å². The molecule has 2 aromatic heterocycles. The lowest BCUT2D eigenvalue weighted by molar-refractivity contribution is 0.427. The van der Waals surface area contributed by atoms with Crippen molar-refractivity contribution in [2.24, 2.45) is 13.0 Å². The number of nitrogens with one attached hydrogen (secondary N) is 1. The Kier molecular flexibility index (Phi) is 5.06. The highest BCUT2D eigenvalue weighted by Gasteiger charge is 2.09. The van der Waals surface area contributed by atoms with Gasteiger partial charge in [0.25, 0.3) is 5.56 Å². The van der Waals surface area contributed by atoms with E-state index in [-0.39, 0.29) is 5.56 Å². The van der Waals surface area contributed by atoms with E-state index in [0.717, 1.165) is 12.3 Å². The lowest BCUT2D eigenvalue weighted by Gasteiger charge is -2.15. The van der Waals surface area contributed by atoms with E-state index in [0.29, 0.717) is 30.2 Å². The molecule has 0 amide bonds. The highest BCUT2D eigenvalue weighted by Crippen LogP contribution is 2.06. The topological polar surface area (TPSA) is 77.6 Å². The summed E-state index contributed by atoms with van der Waals surface area (Å²) in [4.78, 5) is 12.2. The first-order valence-corrected chi connectivity index (χ1v) is 7.48. The summed E-state index contributed by atoms with van der Waals surface area (Å²) in [5.41, 5.74) is 0.388. The molecule has 2 rings (SSSR count). The first-order chi connectivity index (χ1) is 9.99. The minimum atomic E-state index is -0.135. The van der Waals surface area contributed by atoms with Crippen LogP contribution >= 0.6 is 0 Å². The molecule has 2 heterocycles. The van der Waals surface area contributed by atoms with E-state index in [2.05, 4.69) is 41.5 Å². The van der Waals surface area contributed by atoms with Crippen LogP contribution in [0.25, 0.3) is 11.0 Å². The third-order valence-electron chi connectivity index (χ3n) is 3.61. The molecule has 116 valence electrons. The van der Waals surface area contributed by atoms with E-state index in [9.17, 15) is 4.79 Å². The Morgan fingerprint density at radius 1 is 1.29 bits per heavy atom. The molecule has 0 radical (unpaired) electrons. The van der Waals surface area contributed by atoms with Crippen LogP contribution in [-0.4, -0.2) is 37.4 Å². The highest BCUT2D eigenvalue weighted by atomic mass is 16.1. The summed E-state index contributed by atoms with van der Waals surface area (Å²) >= 11 is 0. The standard InChI is InChI=1S/C14H24N6O/c1-10(2)5-6-11(3)15-7-8-20-14(21)12-9-16-19(4)13(12)17-18-20/h9-11,15H,5-8H2,1-4H3. The van der Waals surface area contributed by atoms with Gasteiger partial charge in [0.1, 0.15) is 5.39 Å². The second-order valence-corrected chi connectivity index (χ2v) is 5.95. The maximum Gasteiger partial charge on any atom is 0.280 e. The largest absolute Gasteiger partial charge is 0.312 e. The van der Waals surface area contributed by atoms with Gasteiger partial charge in [-0.2, -0.15) is 5.10 Å². The molecule has 1 unspecified atom stereocenters. The van der Waals surface area contributed by atoms with Gasteiger partial charge in [-0.3, -0.25) is 4.79 Å². The Morgan fingerprint density at radius 2 is 2.05 bits per heavy atom. The van der Waals surface area contributed by atoms with Crippen molar-refractivity contribution in [2.45, 2.75) is 46.2 Å². The summed E-state index contributed by atoms with van der Waals surface area (Å²) < 4.78 is 2.95. The van der Waals surface area contributed by atoms with Gasteiger partial charge in [0.05, 0.1) is 12.7 Å². The van der Waals surface area contributed by atoms with E-state index in [1.807, 2.05) is 0 Å². The summed E-state index contributed by atoms with van der Waals surface area (Å²) in [5, 5.41) is 16.0. The number of aromatic nitrogens is 5. The van der Waals surface area contributed by atoms with Gasteiger partial charge in [0.2, 0.25) is 0 Å². The summed E-state index contributed by atoms with van der Waals surface area (Å²) in [6.07, 6.45) is 3.89. The van der Waals surface area contributed by atoms with Gasteiger partial charge in [0, 0.05) is 19.6 Å². The number of hydrogen-bond donors (Lipinski definition) is 1. The predicted octanol–water partition coefficient (Wildman–Crippen LogP) is 0.939. The van der Waals surface area contributed by atoms with Gasteiger partial charge in [-0.05, 0) is 25.7 Å². The van der Waals surface area contributed by atoms with Crippen LogP contribution in [0.4, 0.5) is 0 Å². The summed E-state index contributed by atoms with van der Waals surface area (Å²) in [6.45, 7) is 7.85. The second-order valence-electron chi connectivity index (χ2n) is 5.95. The minimum Gasteiger partial charge on any atom is -0.312 e. The zero-order chi connectivity index (χ0) is 15.4. The molecule has 0 saturated carbocycles. The Morgan fingerprint density at radius 3 is 2.76 bits per heavy atom. The number of nitrogens with zero attached hydrogens (tertiary/aromatic N) is 5. The average Bonchev–Trinajstić information content (AvgIpc) is 2.81. The van der Waals surface area contributed by atoms with Crippen LogP contribution in [0.2, 0.25) is 0 Å². The molecule has 7 heteroatoms. The monoisotopic (exact) mass is 292 g/mol. The molecule has 0 aliphatic rings. The molecule has 0 aliphatic heterocycles. The Hall–Kier alpha value is -1.76. The molecule has 21 heavy (non-hydrogen) atoms. The Bertz CT molecular complexity index is 644. The molecule has 2 aromatic rings. The van der Waals surface area contributed by atoms with Crippen molar-refractivity contribution in [3.05, 3.63) is 16.6 Å². The molecule has 0 saturated heterocycles. The van der Waals surface area contributed by atoms with E-state index < -0.39 is 0 Å². The van der Waals surface area contributed by atoms with Crippen molar-refractivity contribution < 1.29 is 0 Å². The van der Waals surface area contributed by atoms with Crippen molar-refractivity contribution in [3.8, 4) is 0 Å². The molecule has 7 nitrogen and oxygen atoms in total. The van der Waals surface area contributed by atoms with E-state index >= 15 is 0 Å². The van der Waals surface area contributed by atoms with E-state index in [4.69, 9.17) is 0 Å². The maximum atomic E-state index is 12.2. The fourth-order valence-corrected chi connectivity index (χ4v) is 2.23. The fraction of sp³-hybridized carbons (Fsp3) is 0.714. The number of aryl methyl sites for hydroxylation is 1. The van der Waals surface area contributed by atoms with Crippen molar-refractivity contribution in [2.75, 3.05) is 6.54 Å². The normalized spacial score (nSPS) is 13.2. The van der Waals surface area contributed by atoms with Gasteiger partial charge < -0.3 is 5.32 Å². The second kappa shape index (κ2) is 6.80. The van der Waals surface area contributed by atoms with Crippen LogP contribution in [0.15, 0.2) is 11.0 Å². The van der Waals surface area contributed by atoms with Gasteiger partial charge in [-0.25, -0.2) is 9.36 Å². The minimum absolute atomic E-state index is 0.135. The highest BCUT2D eigenvalue weighted by molar-refractivity contribution is 5.72. The molecule has 0 bridgehead atoms. The van der Waals surface area contributed by atoms with Crippen molar-refractivity contribution >= 4 is 11.0 Å². The lowest BCUT2D eigenvalue weighted by Crippen LogP contribution is -2.33. The number of rotatable bonds is 7. The molecule has 0 aliphatic carbocycles. The summed E-state index contributed by atoms with van der Waals surface area (Å²) in [5.74, 6) is 0.718. The first kappa shape index (κ1) is 15.6. The quantitative estimate of drug-likeness (QED) is 0.821. The van der Waals surface area contributed by atoms with Crippen LogP contribution in [0.5, 0.6) is 0 Å². The predicted molar refractivity (Wildman–Crippen MR) is 82.1 cm³/mol. The van der Waals surface area contributed by atoms with Crippen molar-refractivity contribution in [1.29, 1.82) is 0 Å². The Balaban J connectivity index is 1.92. The smallest absolute Gasteiger partial charge is 0.280 e. The number of hydrogen-bond acceptors (Lipinski definition) is 5. The lowest BCUT2D eigenvalue weighted by atomic mass is 10.0. The van der Waals surface area contributed by atoms with Gasteiger partial charge in [-0.15, -0.1) is 5.10 Å². The maximum absolute atomic E-state index is 12.2. The Labute approximate surface area is 124 Å². The number of fused-ring (bicyclic) bond motifs is 1.